The number of aryl methyl sites for hydroxylation is 1. The number of carbonyl (C=O) groups excluding carboxylic acids is 1. The summed E-state index contributed by atoms with van der Waals surface area (Å²) >= 11 is 13.5. The van der Waals surface area contributed by atoms with Gasteiger partial charge < -0.3 is 5.32 Å². The third-order valence-corrected chi connectivity index (χ3v) is 5.78. The predicted octanol–water partition coefficient (Wildman–Crippen LogP) is 4.10. The molecule has 0 fully saturated rings. The van der Waals surface area contributed by atoms with E-state index in [1.807, 2.05) is 13.8 Å². The van der Waals surface area contributed by atoms with Crippen LogP contribution in [0.3, 0.4) is 0 Å². The maximum Gasteiger partial charge on any atom is 0.257 e. The monoisotopic (exact) mass is 397 g/mol. The van der Waals surface area contributed by atoms with E-state index in [1.54, 1.807) is 22.8 Å². The summed E-state index contributed by atoms with van der Waals surface area (Å²) in [5.41, 5.74) is 1.93. The molecule has 0 radical (unpaired) electrons. The molecule has 0 spiro atoms. The van der Waals surface area contributed by atoms with Gasteiger partial charge >= 0.3 is 0 Å². The van der Waals surface area contributed by atoms with Crippen molar-refractivity contribution in [2.45, 2.75) is 37.9 Å². The first-order valence-corrected chi connectivity index (χ1v) is 9.64. The average Bonchev–Trinajstić information content (AvgIpc) is 2.93. The molecule has 1 aliphatic heterocycles. The number of nitrogens with zero attached hydrogens (tertiary/aromatic N) is 2. The van der Waals surface area contributed by atoms with E-state index in [4.69, 9.17) is 23.2 Å². The van der Waals surface area contributed by atoms with Crippen LogP contribution < -0.4 is 10.9 Å². The highest BCUT2D eigenvalue weighted by Crippen LogP contribution is 2.33. The molecule has 0 saturated heterocycles. The number of amides is 1. The minimum Gasteiger partial charge on any atom is -0.325 e. The van der Waals surface area contributed by atoms with Crippen molar-refractivity contribution in [3.63, 3.8) is 0 Å². The summed E-state index contributed by atoms with van der Waals surface area (Å²) in [6, 6.07) is 4.68. The van der Waals surface area contributed by atoms with Crippen molar-refractivity contribution in [1.29, 1.82) is 0 Å². The van der Waals surface area contributed by atoms with E-state index < -0.39 is 0 Å². The lowest BCUT2D eigenvalue weighted by Crippen LogP contribution is -2.30. The molecule has 1 aliphatic rings. The van der Waals surface area contributed by atoms with E-state index in [2.05, 4.69) is 10.3 Å². The Balaban J connectivity index is 1.80. The summed E-state index contributed by atoms with van der Waals surface area (Å²) in [6.07, 6.45) is 0.814. The Morgan fingerprint density at radius 2 is 2.20 bits per heavy atom. The molecule has 2 aromatic rings. The van der Waals surface area contributed by atoms with Crippen molar-refractivity contribution in [2.75, 3.05) is 11.1 Å². The highest BCUT2D eigenvalue weighted by Gasteiger charge is 2.29. The SMILES string of the molecule is CCc1c(C)nc2n(c1=O)C(CC(=O)Nc1ccc(Cl)cc1Cl)CS2. The first-order chi connectivity index (χ1) is 11.9. The van der Waals surface area contributed by atoms with Gasteiger partial charge in [-0.15, -0.1) is 0 Å². The fourth-order valence-corrected chi connectivity index (χ4v) is 4.52. The maximum absolute atomic E-state index is 12.7. The number of carbonyl (C=O) groups is 1. The highest BCUT2D eigenvalue weighted by atomic mass is 35.5. The van der Waals surface area contributed by atoms with Gasteiger partial charge in [-0.1, -0.05) is 41.9 Å². The highest BCUT2D eigenvalue weighted by molar-refractivity contribution is 7.99. The Bertz CT molecular complexity index is 898. The second-order valence-electron chi connectivity index (χ2n) is 5.83. The van der Waals surface area contributed by atoms with Gasteiger partial charge in [0, 0.05) is 28.5 Å². The number of hydrogen-bond acceptors (Lipinski definition) is 4. The van der Waals surface area contributed by atoms with Gasteiger partial charge in [0.2, 0.25) is 5.91 Å². The molecular weight excluding hydrogens is 381 g/mol. The average molecular weight is 398 g/mol. The van der Waals surface area contributed by atoms with Crippen LogP contribution in [0.2, 0.25) is 10.0 Å². The largest absolute Gasteiger partial charge is 0.325 e. The van der Waals surface area contributed by atoms with E-state index >= 15 is 0 Å². The van der Waals surface area contributed by atoms with Crippen molar-refractivity contribution >= 4 is 46.6 Å². The Morgan fingerprint density at radius 1 is 1.44 bits per heavy atom. The van der Waals surface area contributed by atoms with Crippen molar-refractivity contribution in [3.8, 4) is 0 Å². The molecule has 3 rings (SSSR count). The predicted molar refractivity (Wildman–Crippen MR) is 102 cm³/mol. The lowest BCUT2D eigenvalue weighted by Gasteiger charge is -2.15. The molecule has 132 valence electrons. The van der Waals surface area contributed by atoms with Gasteiger partial charge in [-0.2, -0.15) is 0 Å². The second-order valence-corrected chi connectivity index (χ2v) is 7.66. The van der Waals surface area contributed by atoms with Gasteiger partial charge in [-0.05, 0) is 31.5 Å². The molecule has 8 heteroatoms. The molecule has 1 aromatic heterocycles. The molecule has 1 unspecified atom stereocenters. The Hall–Kier alpha value is -1.50. The summed E-state index contributed by atoms with van der Waals surface area (Å²) in [7, 11) is 0. The fourth-order valence-electron chi connectivity index (χ4n) is 2.88. The lowest BCUT2D eigenvalue weighted by atomic mass is 10.1. The van der Waals surface area contributed by atoms with Gasteiger partial charge in [-0.3, -0.25) is 14.2 Å². The number of fused-ring (bicyclic) bond motifs is 1. The number of thioether (sulfide) groups is 1. The molecule has 1 atom stereocenters. The first kappa shape index (κ1) is 18.3. The number of aromatic nitrogens is 2. The number of nitrogens with one attached hydrogen (secondary N) is 1. The quantitative estimate of drug-likeness (QED) is 0.788. The topological polar surface area (TPSA) is 64.0 Å². The van der Waals surface area contributed by atoms with Crippen molar-refractivity contribution in [2.24, 2.45) is 0 Å². The number of halogens is 2. The van der Waals surface area contributed by atoms with Gasteiger partial charge in [-0.25, -0.2) is 4.98 Å². The minimum absolute atomic E-state index is 0.0441. The van der Waals surface area contributed by atoms with E-state index in [1.165, 1.54) is 11.8 Å². The molecule has 1 N–H and O–H groups in total. The van der Waals surface area contributed by atoms with Crippen LogP contribution in [0.5, 0.6) is 0 Å². The van der Waals surface area contributed by atoms with Crippen molar-refractivity contribution in [3.05, 3.63) is 49.9 Å². The minimum atomic E-state index is -0.211. The summed E-state index contributed by atoms with van der Waals surface area (Å²) in [5, 5.41) is 4.35. The molecule has 2 heterocycles. The van der Waals surface area contributed by atoms with E-state index in [-0.39, 0.29) is 23.9 Å². The van der Waals surface area contributed by atoms with Crippen LogP contribution in [-0.2, 0) is 11.2 Å². The van der Waals surface area contributed by atoms with Gasteiger partial charge in [0.15, 0.2) is 5.16 Å². The van der Waals surface area contributed by atoms with Crippen molar-refractivity contribution in [1.82, 2.24) is 9.55 Å². The van der Waals surface area contributed by atoms with E-state index in [9.17, 15) is 9.59 Å². The first-order valence-electron chi connectivity index (χ1n) is 7.90. The number of anilines is 1. The van der Waals surface area contributed by atoms with Crippen LogP contribution in [0, 0.1) is 6.92 Å². The second kappa shape index (κ2) is 7.40. The van der Waals surface area contributed by atoms with Crippen LogP contribution in [0.25, 0.3) is 0 Å². The van der Waals surface area contributed by atoms with Crippen LogP contribution >= 0.6 is 35.0 Å². The van der Waals surface area contributed by atoms with E-state index in [0.29, 0.717) is 38.6 Å². The third-order valence-electron chi connectivity index (χ3n) is 4.13. The number of benzene rings is 1. The third kappa shape index (κ3) is 3.71. The number of rotatable bonds is 4. The molecular formula is C17H17Cl2N3O2S. The van der Waals surface area contributed by atoms with Crippen LogP contribution in [0.4, 0.5) is 5.69 Å². The maximum atomic E-state index is 12.7. The summed E-state index contributed by atoms with van der Waals surface area (Å²) in [6.45, 7) is 3.79. The van der Waals surface area contributed by atoms with Gasteiger partial charge in [0.25, 0.3) is 5.56 Å². The zero-order valence-electron chi connectivity index (χ0n) is 13.8. The van der Waals surface area contributed by atoms with Crippen LogP contribution in [0.15, 0.2) is 28.2 Å². The van der Waals surface area contributed by atoms with Crippen molar-refractivity contribution < 1.29 is 4.79 Å². The molecule has 25 heavy (non-hydrogen) atoms. The standard InChI is InChI=1S/C17H17Cl2N3O2S/c1-3-12-9(2)20-17-22(16(12)24)11(8-25-17)7-15(23)21-14-5-4-10(18)6-13(14)19/h4-6,11H,3,7-8H2,1-2H3,(H,21,23). The molecule has 1 aromatic carbocycles. The molecule has 1 amide bonds. The summed E-state index contributed by atoms with van der Waals surface area (Å²) < 4.78 is 1.65. The Morgan fingerprint density at radius 3 is 2.88 bits per heavy atom. The zero-order chi connectivity index (χ0) is 18.1. The van der Waals surface area contributed by atoms with Crippen LogP contribution in [0.1, 0.15) is 30.6 Å². The lowest BCUT2D eigenvalue weighted by molar-refractivity contribution is -0.116. The fraction of sp³-hybridized carbons (Fsp3) is 0.353. The smallest absolute Gasteiger partial charge is 0.257 e. The Kier molecular flexibility index (Phi) is 5.41. The number of hydrogen-bond donors (Lipinski definition) is 1. The normalized spacial score (nSPS) is 15.9. The molecule has 0 bridgehead atoms. The van der Waals surface area contributed by atoms with Gasteiger partial charge in [0.05, 0.1) is 16.8 Å². The van der Waals surface area contributed by atoms with E-state index in [0.717, 1.165) is 5.69 Å². The Labute approximate surface area is 159 Å². The molecule has 0 saturated carbocycles. The van der Waals surface area contributed by atoms with Crippen LogP contribution in [-0.4, -0.2) is 21.2 Å². The molecule has 0 aliphatic carbocycles. The zero-order valence-corrected chi connectivity index (χ0v) is 16.1. The van der Waals surface area contributed by atoms with Gasteiger partial charge in [0.1, 0.15) is 0 Å². The molecule has 5 nitrogen and oxygen atoms in total. The summed E-state index contributed by atoms with van der Waals surface area (Å²) in [4.78, 5) is 29.6. The summed E-state index contributed by atoms with van der Waals surface area (Å²) in [5.74, 6) is 0.449.